The number of piperidine rings is 1. The van der Waals surface area contributed by atoms with E-state index in [-0.39, 0.29) is 17.9 Å². The molecule has 0 aliphatic carbocycles. The molecule has 0 spiro atoms. The molecule has 186 valence electrons. The molecule has 1 amide bonds. The number of nitrogens with zero attached hydrogens (tertiary/aromatic N) is 3. The molecule has 1 aromatic carbocycles. The average molecular weight is 473 g/mol. The summed E-state index contributed by atoms with van der Waals surface area (Å²) in [6.07, 6.45) is 4.91. The lowest BCUT2D eigenvalue weighted by Gasteiger charge is -2.34. The van der Waals surface area contributed by atoms with Crippen LogP contribution >= 0.6 is 0 Å². The largest absolute Gasteiger partial charge is 0.494 e. The third-order valence-electron chi connectivity index (χ3n) is 6.76. The van der Waals surface area contributed by atoms with Crippen molar-refractivity contribution in [3.05, 3.63) is 35.2 Å². The fourth-order valence-electron chi connectivity index (χ4n) is 4.46. The molecular formula is C25H36N4O5. The minimum atomic E-state index is -0.130. The minimum Gasteiger partial charge on any atom is -0.494 e. The van der Waals surface area contributed by atoms with Crippen molar-refractivity contribution in [3.8, 4) is 5.75 Å². The average Bonchev–Trinajstić information content (AvgIpc) is 3.31. The molecule has 2 aliphatic heterocycles. The SMILES string of the molecule is Cc1cc(OCCCC2CCN(c3noc(C4(C)COC4)n3)CC2)ccc1C(=O)NCCCO. The lowest BCUT2D eigenvalue weighted by molar-refractivity contribution is -0.0644. The van der Waals surface area contributed by atoms with Crippen molar-refractivity contribution < 1.29 is 23.9 Å². The number of nitrogens with one attached hydrogen (secondary N) is 1. The summed E-state index contributed by atoms with van der Waals surface area (Å²) in [5, 5.41) is 15.8. The van der Waals surface area contributed by atoms with Crippen LogP contribution in [0.4, 0.5) is 5.95 Å². The minimum absolute atomic E-state index is 0.0700. The van der Waals surface area contributed by atoms with Gasteiger partial charge in [0.25, 0.3) is 11.9 Å². The third kappa shape index (κ3) is 5.88. The fourth-order valence-corrected chi connectivity index (χ4v) is 4.46. The van der Waals surface area contributed by atoms with Crippen LogP contribution in [0.25, 0.3) is 0 Å². The van der Waals surface area contributed by atoms with Gasteiger partial charge >= 0.3 is 0 Å². The molecule has 1 aromatic heterocycles. The van der Waals surface area contributed by atoms with E-state index in [9.17, 15) is 4.79 Å². The highest BCUT2D eigenvalue weighted by molar-refractivity contribution is 5.95. The molecule has 0 bridgehead atoms. The Kier molecular flexibility index (Phi) is 8.05. The number of ether oxygens (including phenoxy) is 2. The predicted octanol–water partition coefficient (Wildman–Crippen LogP) is 2.85. The van der Waals surface area contributed by atoms with Crippen LogP contribution in [0.2, 0.25) is 0 Å². The summed E-state index contributed by atoms with van der Waals surface area (Å²) in [6, 6.07) is 5.56. The second-order valence-corrected chi connectivity index (χ2v) is 9.68. The van der Waals surface area contributed by atoms with Crippen LogP contribution in [-0.4, -0.2) is 67.2 Å². The molecule has 2 N–H and O–H groups in total. The van der Waals surface area contributed by atoms with Gasteiger partial charge in [-0.25, -0.2) is 0 Å². The van der Waals surface area contributed by atoms with Gasteiger partial charge < -0.3 is 29.3 Å². The fraction of sp³-hybridized carbons (Fsp3) is 0.640. The zero-order chi connectivity index (χ0) is 24.0. The predicted molar refractivity (Wildman–Crippen MR) is 127 cm³/mol. The highest BCUT2D eigenvalue weighted by Gasteiger charge is 2.41. The van der Waals surface area contributed by atoms with E-state index in [4.69, 9.17) is 19.1 Å². The molecule has 3 heterocycles. The maximum atomic E-state index is 12.2. The molecule has 9 nitrogen and oxygen atoms in total. The molecule has 2 aromatic rings. The first-order valence-electron chi connectivity index (χ1n) is 12.3. The van der Waals surface area contributed by atoms with E-state index in [1.807, 2.05) is 19.1 Å². The summed E-state index contributed by atoms with van der Waals surface area (Å²) in [6.45, 7) is 8.38. The Hall–Kier alpha value is -2.65. The molecule has 34 heavy (non-hydrogen) atoms. The maximum absolute atomic E-state index is 12.2. The van der Waals surface area contributed by atoms with Crippen molar-refractivity contribution in [2.75, 3.05) is 51.0 Å². The Morgan fingerprint density at radius 1 is 1.29 bits per heavy atom. The van der Waals surface area contributed by atoms with Gasteiger partial charge in [-0.2, -0.15) is 4.98 Å². The Morgan fingerprint density at radius 3 is 2.76 bits per heavy atom. The number of rotatable bonds is 11. The molecule has 0 unspecified atom stereocenters. The highest BCUT2D eigenvalue weighted by atomic mass is 16.5. The lowest BCUT2D eigenvalue weighted by atomic mass is 9.89. The zero-order valence-electron chi connectivity index (χ0n) is 20.2. The Balaban J connectivity index is 1.15. The molecule has 2 fully saturated rings. The summed E-state index contributed by atoms with van der Waals surface area (Å²) >= 11 is 0. The van der Waals surface area contributed by atoms with Crippen molar-refractivity contribution in [1.29, 1.82) is 0 Å². The first-order valence-corrected chi connectivity index (χ1v) is 12.3. The number of amides is 1. The number of aliphatic hydroxyl groups is 1. The van der Waals surface area contributed by atoms with E-state index in [0.29, 0.717) is 56.1 Å². The third-order valence-corrected chi connectivity index (χ3v) is 6.76. The van der Waals surface area contributed by atoms with Crippen molar-refractivity contribution in [2.24, 2.45) is 5.92 Å². The summed E-state index contributed by atoms with van der Waals surface area (Å²) in [4.78, 5) is 19.0. The molecule has 0 radical (unpaired) electrons. The normalized spacial score (nSPS) is 17.9. The first kappa shape index (κ1) is 24.5. The van der Waals surface area contributed by atoms with E-state index in [1.165, 1.54) is 0 Å². The number of carbonyl (C=O) groups excluding carboxylic acids is 1. The topological polar surface area (TPSA) is 110 Å². The van der Waals surface area contributed by atoms with Gasteiger partial charge in [-0.15, -0.1) is 0 Å². The van der Waals surface area contributed by atoms with Crippen LogP contribution < -0.4 is 15.0 Å². The number of benzene rings is 1. The second kappa shape index (κ2) is 11.2. The van der Waals surface area contributed by atoms with E-state index in [1.54, 1.807) is 6.07 Å². The van der Waals surface area contributed by atoms with E-state index >= 15 is 0 Å². The van der Waals surface area contributed by atoms with Crippen LogP contribution in [0.15, 0.2) is 22.7 Å². The smallest absolute Gasteiger partial charge is 0.266 e. The Bertz CT molecular complexity index is 951. The molecule has 4 rings (SSSR count). The van der Waals surface area contributed by atoms with Crippen molar-refractivity contribution in [1.82, 2.24) is 15.5 Å². The van der Waals surface area contributed by atoms with Gasteiger partial charge in [0.2, 0.25) is 5.89 Å². The lowest BCUT2D eigenvalue weighted by Crippen LogP contribution is -2.44. The maximum Gasteiger partial charge on any atom is 0.266 e. The number of hydrogen-bond donors (Lipinski definition) is 2. The number of aromatic nitrogens is 2. The van der Waals surface area contributed by atoms with Crippen LogP contribution in [0.5, 0.6) is 5.75 Å². The van der Waals surface area contributed by atoms with Gasteiger partial charge in [0.1, 0.15) is 5.75 Å². The quantitative estimate of drug-likeness (QED) is 0.481. The number of hydrogen-bond acceptors (Lipinski definition) is 8. The number of anilines is 1. The van der Waals surface area contributed by atoms with Gasteiger partial charge in [-0.1, -0.05) is 0 Å². The molecular weight excluding hydrogens is 436 g/mol. The van der Waals surface area contributed by atoms with Gasteiger partial charge in [0, 0.05) is 31.8 Å². The monoisotopic (exact) mass is 472 g/mol. The summed E-state index contributed by atoms with van der Waals surface area (Å²) in [5.74, 6) is 2.73. The second-order valence-electron chi connectivity index (χ2n) is 9.68. The summed E-state index contributed by atoms with van der Waals surface area (Å²) in [7, 11) is 0. The van der Waals surface area contributed by atoms with Crippen LogP contribution in [0.1, 0.15) is 60.8 Å². The van der Waals surface area contributed by atoms with Crippen LogP contribution in [0, 0.1) is 12.8 Å². The van der Waals surface area contributed by atoms with Crippen molar-refractivity contribution in [2.45, 2.75) is 51.4 Å². The van der Waals surface area contributed by atoms with Gasteiger partial charge in [-0.3, -0.25) is 4.79 Å². The van der Waals surface area contributed by atoms with Gasteiger partial charge in [0.15, 0.2) is 0 Å². The number of carbonyl (C=O) groups is 1. The van der Waals surface area contributed by atoms with Crippen LogP contribution in [0.3, 0.4) is 0 Å². The summed E-state index contributed by atoms with van der Waals surface area (Å²) in [5.41, 5.74) is 1.39. The molecule has 2 aliphatic rings. The van der Waals surface area contributed by atoms with E-state index in [0.717, 1.165) is 50.1 Å². The molecule has 9 heteroatoms. The molecule has 2 saturated heterocycles. The Morgan fingerprint density at radius 2 is 2.09 bits per heavy atom. The highest BCUT2D eigenvalue weighted by Crippen LogP contribution is 2.32. The van der Waals surface area contributed by atoms with Crippen molar-refractivity contribution in [3.63, 3.8) is 0 Å². The zero-order valence-corrected chi connectivity index (χ0v) is 20.2. The van der Waals surface area contributed by atoms with E-state index < -0.39 is 0 Å². The van der Waals surface area contributed by atoms with Gasteiger partial charge in [0.05, 0.1) is 25.2 Å². The number of aliphatic hydroxyl groups excluding tert-OH is 1. The van der Waals surface area contributed by atoms with E-state index in [2.05, 4.69) is 27.3 Å². The Labute approximate surface area is 200 Å². The van der Waals surface area contributed by atoms with Crippen molar-refractivity contribution >= 4 is 11.9 Å². The standard InChI is InChI=1S/C25H36N4O5/c1-18-15-20(6-7-21(18)22(31)26-10-4-13-30)33-14-3-5-19-8-11-29(12-9-19)24-27-23(34-28-24)25(2)16-32-17-25/h6-7,15,19,30H,3-5,8-14,16-17H2,1-2H3,(H,26,31). The van der Waals surface area contributed by atoms with Gasteiger partial charge in [-0.05, 0) is 80.8 Å². The first-order chi connectivity index (χ1) is 16.5. The number of aryl methyl sites for hydroxylation is 1. The molecule has 0 atom stereocenters. The summed E-state index contributed by atoms with van der Waals surface area (Å²) < 4.78 is 16.7. The van der Waals surface area contributed by atoms with Crippen LogP contribution in [-0.2, 0) is 10.2 Å². The molecule has 0 saturated carbocycles.